The number of fused-ring (bicyclic) bond motifs is 2. The minimum atomic E-state index is -0.851. The van der Waals surface area contributed by atoms with Crippen molar-refractivity contribution >= 4 is 15.3 Å². The van der Waals surface area contributed by atoms with E-state index in [9.17, 15) is 4.79 Å². The largest absolute Gasteiger partial charge is 0.390 e. The van der Waals surface area contributed by atoms with E-state index >= 15 is 0 Å². The molecule has 2 rings (SSSR count). The Morgan fingerprint density at radius 3 is 2.55 bits per heavy atom. The molecule has 0 spiro atoms. The Kier molecular flexibility index (Phi) is 4.48. The zero-order valence-electron chi connectivity index (χ0n) is 13.7. The van der Waals surface area contributed by atoms with Crippen LogP contribution in [0.1, 0.15) is 47.0 Å². The summed E-state index contributed by atoms with van der Waals surface area (Å²) in [7, 11) is -0.851. The molecule has 2 saturated heterocycles. The maximum absolute atomic E-state index is 11.6. The summed E-state index contributed by atoms with van der Waals surface area (Å²) in [5.74, 6) is 0.185. The molecule has 0 N–H and O–H groups in total. The zero-order valence-corrected chi connectivity index (χ0v) is 14.7. The van der Waals surface area contributed by atoms with Crippen LogP contribution in [-0.4, -0.2) is 27.2 Å². The van der Waals surface area contributed by atoms with E-state index in [2.05, 4.69) is 40.8 Å². The predicted molar refractivity (Wildman–Crippen MR) is 81.7 cm³/mol. The van der Waals surface area contributed by atoms with Crippen LogP contribution < -0.4 is 0 Å². The average molecular weight is 297 g/mol. The van der Waals surface area contributed by atoms with Crippen molar-refractivity contribution in [1.82, 2.24) is 0 Å². The summed E-state index contributed by atoms with van der Waals surface area (Å²) >= 11 is 0. The SMILES string of the molecule is CCC(C=O)C1C(C(C)(C)C)C2CCC1(O[Si](C)C)O2. The smallest absolute Gasteiger partial charge is 0.208 e. The topological polar surface area (TPSA) is 35.5 Å². The number of carbonyl (C=O) groups is 1. The standard InChI is InChI=1S/C16H29O3Si/c1-7-11(10-17)13-14(15(2,3)4)12-8-9-16(13,18-12)19-20(5)6/h10-14H,7-9H2,1-6H3. The summed E-state index contributed by atoms with van der Waals surface area (Å²) in [4.78, 5) is 11.6. The highest BCUT2D eigenvalue weighted by Crippen LogP contribution is 2.59. The molecule has 2 fully saturated rings. The molecule has 2 bridgehead atoms. The molecule has 2 aliphatic rings. The third-order valence-electron chi connectivity index (χ3n) is 4.91. The highest BCUT2D eigenvalue weighted by Gasteiger charge is 2.64. The van der Waals surface area contributed by atoms with Crippen molar-refractivity contribution in [2.75, 3.05) is 0 Å². The van der Waals surface area contributed by atoms with Crippen molar-refractivity contribution in [2.45, 2.75) is 71.9 Å². The lowest BCUT2D eigenvalue weighted by molar-refractivity contribution is -0.174. The van der Waals surface area contributed by atoms with Crippen LogP contribution in [0.2, 0.25) is 13.1 Å². The zero-order chi connectivity index (χ0) is 15.1. The van der Waals surface area contributed by atoms with Crippen LogP contribution in [0.4, 0.5) is 0 Å². The van der Waals surface area contributed by atoms with Gasteiger partial charge in [0.1, 0.15) is 6.29 Å². The fourth-order valence-corrected chi connectivity index (χ4v) is 5.31. The van der Waals surface area contributed by atoms with Gasteiger partial charge in [0.2, 0.25) is 9.04 Å². The number of rotatable bonds is 5. The quantitative estimate of drug-likeness (QED) is 0.574. The van der Waals surface area contributed by atoms with Crippen molar-refractivity contribution in [3.05, 3.63) is 0 Å². The van der Waals surface area contributed by atoms with E-state index < -0.39 is 14.8 Å². The summed E-state index contributed by atoms with van der Waals surface area (Å²) in [5, 5.41) is 0. The van der Waals surface area contributed by atoms with Crippen molar-refractivity contribution in [1.29, 1.82) is 0 Å². The van der Waals surface area contributed by atoms with Gasteiger partial charge in [0.25, 0.3) is 0 Å². The third kappa shape index (κ3) is 2.62. The van der Waals surface area contributed by atoms with Gasteiger partial charge in [-0.15, -0.1) is 0 Å². The van der Waals surface area contributed by atoms with Crippen LogP contribution >= 0.6 is 0 Å². The number of hydrogen-bond donors (Lipinski definition) is 0. The predicted octanol–water partition coefficient (Wildman–Crippen LogP) is 3.65. The summed E-state index contributed by atoms with van der Waals surface area (Å²) in [6, 6.07) is 0. The lowest BCUT2D eigenvalue weighted by Gasteiger charge is -2.44. The van der Waals surface area contributed by atoms with Gasteiger partial charge in [0, 0.05) is 18.3 Å². The van der Waals surface area contributed by atoms with E-state index in [4.69, 9.17) is 9.16 Å². The summed E-state index contributed by atoms with van der Waals surface area (Å²) < 4.78 is 12.7. The average Bonchev–Trinajstić information content (AvgIpc) is 2.84. The second kappa shape index (κ2) is 5.54. The molecule has 0 aromatic heterocycles. The maximum atomic E-state index is 11.6. The maximum Gasteiger partial charge on any atom is 0.208 e. The Labute approximate surface area is 125 Å². The molecule has 2 aliphatic heterocycles. The number of hydrogen-bond acceptors (Lipinski definition) is 3. The Morgan fingerprint density at radius 1 is 1.45 bits per heavy atom. The highest BCUT2D eigenvalue weighted by atomic mass is 28.3. The van der Waals surface area contributed by atoms with Gasteiger partial charge < -0.3 is 14.0 Å². The minimum absolute atomic E-state index is 0.0471. The van der Waals surface area contributed by atoms with Crippen molar-refractivity contribution < 1.29 is 14.0 Å². The van der Waals surface area contributed by atoms with Crippen LogP contribution in [0, 0.1) is 23.2 Å². The monoisotopic (exact) mass is 297 g/mol. The van der Waals surface area contributed by atoms with Gasteiger partial charge >= 0.3 is 0 Å². The summed E-state index contributed by atoms with van der Waals surface area (Å²) in [6.45, 7) is 13.2. The van der Waals surface area contributed by atoms with Gasteiger partial charge in [-0.3, -0.25) is 0 Å². The molecule has 5 atom stereocenters. The number of carbonyl (C=O) groups excluding carboxylic acids is 1. The van der Waals surface area contributed by atoms with Gasteiger partial charge in [-0.2, -0.15) is 0 Å². The summed E-state index contributed by atoms with van der Waals surface area (Å²) in [6.07, 6.45) is 4.29. The van der Waals surface area contributed by atoms with Crippen LogP contribution in [-0.2, 0) is 14.0 Å². The third-order valence-corrected chi connectivity index (χ3v) is 5.66. The molecule has 3 nitrogen and oxygen atoms in total. The van der Waals surface area contributed by atoms with Crippen LogP contribution in [0.3, 0.4) is 0 Å². The van der Waals surface area contributed by atoms with E-state index in [1.165, 1.54) is 0 Å². The van der Waals surface area contributed by atoms with Crippen LogP contribution in [0.5, 0.6) is 0 Å². The van der Waals surface area contributed by atoms with Gasteiger partial charge in [-0.1, -0.05) is 27.7 Å². The fourth-order valence-electron chi connectivity index (χ4n) is 4.33. The lowest BCUT2D eigenvalue weighted by atomic mass is 9.61. The Morgan fingerprint density at radius 2 is 2.10 bits per heavy atom. The van der Waals surface area contributed by atoms with Crippen molar-refractivity contribution in [3.8, 4) is 0 Å². The molecule has 115 valence electrons. The first-order valence-electron chi connectivity index (χ1n) is 7.87. The van der Waals surface area contributed by atoms with Crippen molar-refractivity contribution in [2.24, 2.45) is 23.2 Å². The van der Waals surface area contributed by atoms with E-state index in [0.29, 0.717) is 5.92 Å². The Balaban J connectivity index is 2.38. The fraction of sp³-hybridized carbons (Fsp3) is 0.938. The van der Waals surface area contributed by atoms with Crippen molar-refractivity contribution in [3.63, 3.8) is 0 Å². The molecular weight excluding hydrogens is 268 g/mol. The normalized spacial score (nSPS) is 38.5. The van der Waals surface area contributed by atoms with Gasteiger partial charge in [0.05, 0.1) is 6.10 Å². The first-order valence-corrected chi connectivity index (χ1v) is 10.3. The molecule has 5 unspecified atom stereocenters. The second-order valence-electron chi connectivity index (χ2n) is 7.64. The first kappa shape index (κ1) is 16.2. The minimum Gasteiger partial charge on any atom is -0.390 e. The molecule has 1 radical (unpaired) electrons. The van der Waals surface area contributed by atoms with E-state index in [0.717, 1.165) is 25.5 Å². The van der Waals surface area contributed by atoms with Gasteiger partial charge in [0.15, 0.2) is 5.79 Å². The van der Waals surface area contributed by atoms with Gasteiger partial charge in [-0.25, -0.2) is 0 Å². The molecule has 2 heterocycles. The van der Waals surface area contributed by atoms with E-state index in [-0.39, 0.29) is 23.4 Å². The molecular formula is C16H29O3Si. The van der Waals surface area contributed by atoms with Crippen LogP contribution in [0.25, 0.3) is 0 Å². The molecule has 4 heteroatoms. The molecule has 0 aromatic rings. The molecule has 0 aliphatic carbocycles. The second-order valence-corrected chi connectivity index (χ2v) is 9.66. The number of aldehydes is 1. The van der Waals surface area contributed by atoms with E-state index in [1.807, 2.05) is 0 Å². The first-order chi connectivity index (χ1) is 9.25. The highest BCUT2D eigenvalue weighted by molar-refractivity contribution is 6.48. The van der Waals surface area contributed by atoms with E-state index in [1.54, 1.807) is 0 Å². The van der Waals surface area contributed by atoms with Gasteiger partial charge in [-0.05, 0) is 37.3 Å². The molecule has 0 amide bonds. The Bertz CT molecular complexity index is 363. The molecule has 20 heavy (non-hydrogen) atoms. The summed E-state index contributed by atoms with van der Waals surface area (Å²) in [5.41, 5.74) is 0.145. The Hall–Kier alpha value is -0.193. The van der Waals surface area contributed by atoms with Crippen LogP contribution in [0.15, 0.2) is 0 Å². The number of ether oxygens (including phenoxy) is 1. The molecule has 0 saturated carbocycles. The molecule has 0 aromatic carbocycles. The lowest BCUT2D eigenvalue weighted by Crippen LogP contribution is -2.49.